The smallest absolute Gasteiger partial charge is 0.0708 e. The molecule has 4 aromatic carbocycles. The topological polar surface area (TPSA) is 115 Å². The van der Waals surface area contributed by atoms with Crippen molar-refractivity contribution in [2.75, 3.05) is 0 Å². The number of hydrogen-bond donors (Lipinski definition) is 4. The van der Waals surface area contributed by atoms with Gasteiger partial charge in [-0.15, -0.1) is 0 Å². The van der Waals surface area contributed by atoms with E-state index < -0.39 is 0 Å². The van der Waals surface area contributed by atoms with Crippen molar-refractivity contribution in [3.63, 3.8) is 0 Å². The van der Waals surface area contributed by atoms with E-state index >= 15 is 0 Å². The number of rotatable bonds is 4. The van der Waals surface area contributed by atoms with Crippen LogP contribution >= 0.6 is 0 Å². The minimum Gasteiger partial charge on any atom is -0.354 e. The number of nitrogens with zero attached hydrogens (tertiary/aromatic N) is 4. The van der Waals surface area contributed by atoms with Gasteiger partial charge in [-0.05, 0) is 119 Å². The molecule has 12 aromatic rings. The lowest BCUT2D eigenvalue weighted by Gasteiger charge is -2.11. The molecule has 8 heteroatoms. The van der Waals surface area contributed by atoms with E-state index in [9.17, 15) is 0 Å². The van der Waals surface area contributed by atoms with Gasteiger partial charge in [-0.3, -0.25) is 19.9 Å². The summed E-state index contributed by atoms with van der Waals surface area (Å²) >= 11 is 0. The SMILES string of the molecule is c1cnc2cc(C3=c4ccc([nH]4)=C(c4ccc5cccnc5c4)c4ccc([nH]4)C(c4ccc5cccnc5c4)=c4ccc([nH]4)=C(c4ccc5cccnc5c4)c4ccc3[nH]4)ccc2c1. The Hall–Kier alpha value is -8.88. The van der Waals surface area contributed by atoms with Gasteiger partial charge in [0, 0.05) is 113 Å². The summed E-state index contributed by atoms with van der Waals surface area (Å²) in [6.45, 7) is 0. The van der Waals surface area contributed by atoms with Crippen molar-refractivity contribution in [2.45, 2.75) is 0 Å². The first-order valence-corrected chi connectivity index (χ1v) is 21.3. The van der Waals surface area contributed by atoms with Crippen molar-refractivity contribution in [1.29, 1.82) is 0 Å². The second-order valence-electron chi connectivity index (χ2n) is 16.3. The Morgan fingerprint density at radius 3 is 0.781 bits per heavy atom. The molecule has 8 aromatic heterocycles. The summed E-state index contributed by atoms with van der Waals surface area (Å²) < 4.78 is 0. The summed E-state index contributed by atoms with van der Waals surface area (Å²) in [4.78, 5) is 34.7. The summed E-state index contributed by atoms with van der Waals surface area (Å²) in [6.07, 6.45) is 7.40. The highest BCUT2D eigenvalue weighted by molar-refractivity contribution is 5.92. The molecule has 0 radical (unpaired) electrons. The van der Waals surface area contributed by atoms with E-state index in [0.717, 1.165) is 132 Å². The number of nitrogens with one attached hydrogen (secondary N) is 4. The molecule has 8 nitrogen and oxygen atoms in total. The van der Waals surface area contributed by atoms with Crippen LogP contribution < -0.4 is 21.4 Å². The third kappa shape index (κ3) is 6.00. The van der Waals surface area contributed by atoms with Gasteiger partial charge in [0.2, 0.25) is 0 Å². The minimum atomic E-state index is 0.928. The zero-order valence-electron chi connectivity index (χ0n) is 34.3. The Balaban J connectivity index is 1.16. The third-order valence-electron chi connectivity index (χ3n) is 12.5. The van der Waals surface area contributed by atoms with Crippen molar-refractivity contribution < 1.29 is 0 Å². The van der Waals surface area contributed by atoms with Gasteiger partial charge < -0.3 is 19.9 Å². The van der Waals surface area contributed by atoms with Crippen LogP contribution in [0.15, 0.2) is 195 Å². The molecule has 0 fully saturated rings. The van der Waals surface area contributed by atoms with Gasteiger partial charge in [0.1, 0.15) is 0 Å². The Labute approximate surface area is 365 Å². The molecule has 0 saturated heterocycles. The van der Waals surface area contributed by atoms with Crippen LogP contribution in [0.1, 0.15) is 45.0 Å². The van der Waals surface area contributed by atoms with E-state index in [1.807, 2.05) is 49.1 Å². The van der Waals surface area contributed by atoms with Gasteiger partial charge in [0.25, 0.3) is 0 Å². The van der Waals surface area contributed by atoms with Crippen molar-refractivity contribution in [3.05, 3.63) is 261 Å². The second-order valence-corrected chi connectivity index (χ2v) is 16.3. The lowest BCUT2D eigenvalue weighted by Crippen LogP contribution is -2.19. The van der Waals surface area contributed by atoms with Crippen molar-refractivity contribution >= 4 is 65.9 Å². The minimum absolute atomic E-state index is 0.928. The third-order valence-corrected chi connectivity index (χ3v) is 12.5. The summed E-state index contributed by atoms with van der Waals surface area (Å²) in [5.74, 6) is 0. The standard InChI is InChI=1S/C56H36N8/c1-5-33-9-13-37(29-49(33)57-25-1)53-41-17-19-43(61-41)54(38-14-10-34-6-2-26-58-50(34)30-38)45-21-23-47(63-45)56(40-16-12-36-8-4-28-60-52(36)32-40)48-24-22-46(64-48)55(44-20-18-42(53)62-44)39-15-11-35-7-3-27-59-51(35)31-39/h1-32,61-64H. The van der Waals surface area contributed by atoms with Crippen LogP contribution in [0.2, 0.25) is 0 Å². The number of hydrogen-bond acceptors (Lipinski definition) is 4. The van der Waals surface area contributed by atoms with E-state index in [1.165, 1.54) is 0 Å². The van der Waals surface area contributed by atoms with Gasteiger partial charge in [-0.2, -0.15) is 0 Å². The highest BCUT2D eigenvalue weighted by atomic mass is 14.8. The zero-order chi connectivity index (χ0) is 42.1. The Kier molecular flexibility index (Phi) is 8.04. The van der Waals surface area contributed by atoms with Crippen LogP contribution in [-0.2, 0) is 0 Å². The monoisotopic (exact) mass is 820 g/mol. The molecule has 64 heavy (non-hydrogen) atoms. The van der Waals surface area contributed by atoms with Crippen molar-refractivity contribution in [2.24, 2.45) is 0 Å². The molecule has 300 valence electrons. The summed E-state index contributed by atoms with van der Waals surface area (Å²) in [6, 6.07) is 59.9. The lowest BCUT2D eigenvalue weighted by molar-refractivity contribution is 1.19. The molecule has 0 unspecified atom stereocenters. The molecule has 13 rings (SSSR count). The number of H-pyrrole nitrogens is 4. The lowest BCUT2D eigenvalue weighted by atomic mass is 10.0. The van der Waals surface area contributed by atoms with Crippen LogP contribution in [0, 0.1) is 0 Å². The number of benzene rings is 4. The van der Waals surface area contributed by atoms with Crippen LogP contribution in [0.3, 0.4) is 0 Å². The quantitative estimate of drug-likeness (QED) is 0.143. The Morgan fingerprint density at radius 1 is 0.250 bits per heavy atom. The van der Waals surface area contributed by atoms with Gasteiger partial charge >= 0.3 is 0 Å². The highest BCUT2D eigenvalue weighted by Gasteiger charge is 2.19. The van der Waals surface area contributed by atoms with Crippen molar-refractivity contribution in [3.8, 4) is 0 Å². The van der Waals surface area contributed by atoms with E-state index in [-0.39, 0.29) is 0 Å². The molecule has 9 heterocycles. The van der Waals surface area contributed by atoms with Gasteiger partial charge in [0.05, 0.1) is 22.1 Å². The molecular weight excluding hydrogens is 785 g/mol. The molecule has 8 bridgehead atoms. The highest BCUT2D eigenvalue weighted by Crippen LogP contribution is 2.31. The molecule has 0 atom stereocenters. The first-order valence-electron chi connectivity index (χ1n) is 21.3. The fourth-order valence-corrected chi connectivity index (χ4v) is 9.46. The zero-order valence-corrected chi connectivity index (χ0v) is 34.3. The summed E-state index contributed by atoms with van der Waals surface area (Å²) in [7, 11) is 0. The number of aromatic nitrogens is 8. The van der Waals surface area contributed by atoms with Crippen LogP contribution in [0.5, 0.6) is 0 Å². The maximum Gasteiger partial charge on any atom is 0.0708 e. The fraction of sp³-hybridized carbons (Fsp3) is 0. The number of fused-ring (bicyclic) bond motifs is 12. The van der Waals surface area contributed by atoms with E-state index in [0.29, 0.717) is 0 Å². The van der Waals surface area contributed by atoms with Crippen LogP contribution in [-0.4, -0.2) is 39.9 Å². The molecule has 4 N–H and O–H groups in total. The molecule has 0 aliphatic carbocycles. The molecular formula is C56H36N8. The van der Waals surface area contributed by atoms with Crippen LogP contribution in [0.4, 0.5) is 0 Å². The van der Waals surface area contributed by atoms with Gasteiger partial charge in [-0.25, -0.2) is 0 Å². The normalized spacial score (nSPS) is 12.9. The average molecular weight is 821 g/mol. The van der Waals surface area contributed by atoms with E-state index in [4.69, 9.17) is 19.9 Å². The fourth-order valence-electron chi connectivity index (χ4n) is 9.46. The largest absolute Gasteiger partial charge is 0.354 e. The molecule has 0 spiro atoms. The first kappa shape index (κ1) is 35.8. The predicted molar refractivity (Wildman–Crippen MR) is 255 cm³/mol. The predicted octanol–water partition coefficient (Wildman–Crippen LogP) is 8.49. The summed E-state index contributed by atoms with van der Waals surface area (Å²) in [5, 5.41) is 8.19. The molecule has 0 saturated carbocycles. The maximum absolute atomic E-state index is 4.76. The Bertz CT molecular complexity index is 3580. The maximum atomic E-state index is 4.76. The number of pyridine rings is 4. The van der Waals surface area contributed by atoms with Crippen LogP contribution in [0.25, 0.3) is 65.9 Å². The van der Waals surface area contributed by atoms with Gasteiger partial charge in [0.15, 0.2) is 0 Å². The van der Waals surface area contributed by atoms with Crippen molar-refractivity contribution in [1.82, 2.24) is 39.9 Å². The molecule has 1 aliphatic heterocycles. The first-order chi connectivity index (χ1) is 31.7. The number of aromatic amines is 4. The second kappa shape index (κ2) is 14.4. The molecule has 0 amide bonds. The average Bonchev–Trinajstić information content (AvgIpc) is 4.20. The van der Waals surface area contributed by atoms with E-state index in [1.54, 1.807) is 0 Å². The van der Waals surface area contributed by atoms with Gasteiger partial charge in [-0.1, -0.05) is 72.8 Å². The molecule has 1 aliphatic rings. The Morgan fingerprint density at radius 2 is 0.516 bits per heavy atom. The van der Waals surface area contributed by atoms with E-state index in [2.05, 4.69) is 166 Å². The summed E-state index contributed by atoms with van der Waals surface area (Å²) in [5.41, 5.74) is 15.8.